The van der Waals surface area contributed by atoms with Crippen LogP contribution in [-0.2, 0) is 16.1 Å². The van der Waals surface area contributed by atoms with Crippen molar-refractivity contribution in [3.05, 3.63) is 39.4 Å². The Morgan fingerprint density at radius 1 is 1.17 bits per heavy atom. The number of piperazine rings is 1. The topological polar surface area (TPSA) is 104 Å². The number of hydrogen-bond acceptors (Lipinski definition) is 11. The van der Waals surface area contributed by atoms with E-state index in [1.54, 1.807) is 17.5 Å². The van der Waals surface area contributed by atoms with E-state index in [1.807, 2.05) is 18.4 Å². The molecule has 13 heteroatoms. The molecule has 3 aromatic heterocycles. The van der Waals surface area contributed by atoms with Gasteiger partial charge in [-0.15, -0.1) is 11.3 Å². The summed E-state index contributed by atoms with van der Waals surface area (Å²) in [6.45, 7) is 11.5. The number of thiophene rings is 1. The minimum Gasteiger partial charge on any atom is -0.466 e. The van der Waals surface area contributed by atoms with Crippen LogP contribution in [0.2, 0.25) is 5.02 Å². The van der Waals surface area contributed by atoms with Crippen molar-refractivity contribution >= 4 is 57.1 Å². The standard InChI is InChI=1S/C29H38ClN7O3S2/c1-4-21-7-6-9-36(21)17-24-27(23-13-20(30)18-41-23)33-29(42-24)34-28(39)22-14-32-25(15-31-22)37-12-11-35(19(3)16-37)10-8-26(38)40-5-2/h13-15,18-19,21H,4-12,16-17H2,1-3H3,(H,33,34,39). The maximum absolute atomic E-state index is 13.1. The Hall–Kier alpha value is -2.64. The number of thiazole rings is 1. The number of carbonyl (C=O) groups excluding carboxylic acids is 2. The lowest BCUT2D eigenvalue weighted by Gasteiger charge is -2.40. The van der Waals surface area contributed by atoms with Gasteiger partial charge in [0, 0.05) is 55.1 Å². The second-order valence-electron chi connectivity index (χ2n) is 10.7. The van der Waals surface area contributed by atoms with Crippen molar-refractivity contribution < 1.29 is 14.3 Å². The summed E-state index contributed by atoms with van der Waals surface area (Å²) >= 11 is 9.31. The van der Waals surface area contributed by atoms with E-state index in [0.717, 1.165) is 60.4 Å². The molecule has 5 rings (SSSR count). The zero-order valence-electron chi connectivity index (χ0n) is 24.3. The fraction of sp³-hybridized carbons (Fsp3) is 0.552. The number of hydrogen-bond donors (Lipinski definition) is 1. The first-order valence-electron chi connectivity index (χ1n) is 14.6. The summed E-state index contributed by atoms with van der Waals surface area (Å²) in [4.78, 5) is 47.8. The first kappa shape index (κ1) is 30.8. The maximum Gasteiger partial charge on any atom is 0.307 e. The first-order chi connectivity index (χ1) is 20.3. The van der Waals surface area contributed by atoms with Gasteiger partial charge in [-0.25, -0.2) is 15.0 Å². The molecule has 2 aliphatic heterocycles. The normalized spacial score (nSPS) is 19.8. The second-order valence-corrected chi connectivity index (χ2v) is 13.1. The van der Waals surface area contributed by atoms with E-state index >= 15 is 0 Å². The predicted molar refractivity (Wildman–Crippen MR) is 169 cm³/mol. The lowest BCUT2D eigenvalue weighted by Crippen LogP contribution is -2.52. The van der Waals surface area contributed by atoms with Crippen molar-refractivity contribution in [2.75, 3.05) is 49.5 Å². The number of carbonyl (C=O) groups is 2. The smallest absolute Gasteiger partial charge is 0.307 e. The Kier molecular flexibility index (Phi) is 10.4. The van der Waals surface area contributed by atoms with Crippen LogP contribution in [0.1, 0.15) is 61.8 Å². The Bertz CT molecular complexity index is 1370. The number of ether oxygens (including phenoxy) is 1. The first-order valence-corrected chi connectivity index (χ1v) is 16.7. The van der Waals surface area contributed by atoms with E-state index in [2.05, 4.69) is 43.8 Å². The molecule has 2 fully saturated rings. The number of esters is 1. The fourth-order valence-corrected chi connectivity index (χ4v) is 7.81. The average molecular weight is 632 g/mol. The van der Waals surface area contributed by atoms with Crippen LogP contribution in [0.3, 0.4) is 0 Å². The number of rotatable bonds is 11. The van der Waals surface area contributed by atoms with Gasteiger partial charge in [0.1, 0.15) is 11.5 Å². The van der Waals surface area contributed by atoms with Crippen molar-refractivity contribution in [2.45, 2.75) is 65.1 Å². The zero-order chi connectivity index (χ0) is 29.6. The lowest BCUT2D eigenvalue weighted by molar-refractivity contribution is -0.143. The molecule has 0 aromatic carbocycles. The van der Waals surface area contributed by atoms with Crippen LogP contribution in [0.5, 0.6) is 0 Å². The van der Waals surface area contributed by atoms with E-state index < -0.39 is 0 Å². The molecule has 0 saturated carbocycles. The van der Waals surface area contributed by atoms with Gasteiger partial charge in [-0.1, -0.05) is 29.9 Å². The number of anilines is 2. The van der Waals surface area contributed by atoms with Crippen molar-refractivity contribution in [3.8, 4) is 10.6 Å². The molecule has 226 valence electrons. The number of nitrogens with zero attached hydrogens (tertiary/aromatic N) is 6. The minimum atomic E-state index is -0.338. The summed E-state index contributed by atoms with van der Waals surface area (Å²) in [5.74, 6) is 0.229. The molecule has 2 atom stereocenters. The molecule has 0 bridgehead atoms. The largest absolute Gasteiger partial charge is 0.466 e. The van der Waals surface area contributed by atoms with Gasteiger partial charge in [-0.2, -0.15) is 0 Å². The second kappa shape index (κ2) is 14.2. The molecule has 3 aromatic rings. The number of aromatic nitrogens is 3. The summed E-state index contributed by atoms with van der Waals surface area (Å²) in [5, 5.41) is 6.09. The van der Waals surface area contributed by atoms with Crippen LogP contribution in [0.4, 0.5) is 10.9 Å². The van der Waals surface area contributed by atoms with Crippen molar-refractivity contribution in [3.63, 3.8) is 0 Å². The van der Waals surface area contributed by atoms with Gasteiger partial charge in [0.25, 0.3) is 5.91 Å². The molecule has 0 spiro atoms. The van der Waals surface area contributed by atoms with E-state index in [4.69, 9.17) is 21.3 Å². The number of halogens is 1. The van der Waals surface area contributed by atoms with E-state index in [1.165, 1.54) is 30.4 Å². The molecule has 42 heavy (non-hydrogen) atoms. The van der Waals surface area contributed by atoms with Gasteiger partial charge in [0.2, 0.25) is 0 Å². The third-order valence-electron chi connectivity index (χ3n) is 7.90. The Balaban J connectivity index is 1.22. The summed E-state index contributed by atoms with van der Waals surface area (Å²) in [6.07, 6.45) is 7.12. The molecule has 5 heterocycles. The summed E-state index contributed by atoms with van der Waals surface area (Å²) in [7, 11) is 0. The highest BCUT2D eigenvalue weighted by Crippen LogP contribution is 2.38. The predicted octanol–water partition coefficient (Wildman–Crippen LogP) is 5.41. The Morgan fingerprint density at radius 2 is 2.02 bits per heavy atom. The molecule has 1 N–H and O–H groups in total. The van der Waals surface area contributed by atoms with Gasteiger partial charge >= 0.3 is 5.97 Å². The number of amides is 1. The summed E-state index contributed by atoms with van der Waals surface area (Å²) in [5.41, 5.74) is 1.12. The fourth-order valence-electron chi connectivity index (χ4n) is 5.66. The zero-order valence-corrected chi connectivity index (χ0v) is 26.7. The van der Waals surface area contributed by atoms with Crippen LogP contribution in [0, 0.1) is 0 Å². The third kappa shape index (κ3) is 7.46. The van der Waals surface area contributed by atoms with E-state index in [-0.39, 0.29) is 23.6 Å². The minimum absolute atomic E-state index is 0.162. The molecule has 1 amide bonds. The SMILES string of the molecule is CCOC(=O)CCN1CCN(c2cnc(C(=O)Nc3nc(-c4cc(Cl)cs4)c(CN4CCCC4CC)s3)cn2)CC1C. The van der Waals surface area contributed by atoms with Crippen molar-refractivity contribution in [1.29, 1.82) is 0 Å². The third-order valence-corrected chi connectivity index (χ3v) is 10.1. The van der Waals surface area contributed by atoms with Gasteiger partial charge < -0.3 is 9.64 Å². The van der Waals surface area contributed by atoms with Gasteiger partial charge in [0.15, 0.2) is 5.13 Å². The summed E-state index contributed by atoms with van der Waals surface area (Å²) < 4.78 is 5.05. The van der Waals surface area contributed by atoms with Crippen molar-refractivity contribution in [1.82, 2.24) is 24.8 Å². The average Bonchev–Trinajstić information content (AvgIpc) is 3.72. The van der Waals surface area contributed by atoms with Crippen LogP contribution < -0.4 is 10.2 Å². The molecular formula is C29H38ClN7O3S2. The molecular weight excluding hydrogens is 594 g/mol. The highest BCUT2D eigenvalue weighted by Gasteiger charge is 2.27. The summed E-state index contributed by atoms with van der Waals surface area (Å²) in [6, 6.07) is 2.76. The van der Waals surface area contributed by atoms with Gasteiger partial charge in [0.05, 0.1) is 41.0 Å². The van der Waals surface area contributed by atoms with Crippen LogP contribution >= 0.6 is 34.3 Å². The van der Waals surface area contributed by atoms with Crippen LogP contribution in [0.25, 0.3) is 10.6 Å². The van der Waals surface area contributed by atoms with E-state index in [9.17, 15) is 9.59 Å². The van der Waals surface area contributed by atoms with Crippen LogP contribution in [0.15, 0.2) is 23.8 Å². The molecule has 0 aliphatic carbocycles. The molecule has 0 radical (unpaired) electrons. The monoisotopic (exact) mass is 631 g/mol. The highest BCUT2D eigenvalue weighted by atomic mass is 35.5. The molecule has 2 unspecified atom stereocenters. The molecule has 10 nitrogen and oxygen atoms in total. The maximum atomic E-state index is 13.1. The quantitative estimate of drug-likeness (QED) is 0.278. The van der Waals surface area contributed by atoms with Crippen molar-refractivity contribution in [2.24, 2.45) is 0 Å². The van der Waals surface area contributed by atoms with Crippen LogP contribution in [-0.4, -0.2) is 88.0 Å². The molecule has 2 aliphatic rings. The lowest BCUT2D eigenvalue weighted by atomic mass is 10.1. The Labute approximate surface area is 260 Å². The Morgan fingerprint density at radius 3 is 2.71 bits per heavy atom. The van der Waals surface area contributed by atoms with Gasteiger partial charge in [-0.05, 0) is 45.7 Å². The van der Waals surface area contributed by atoms with Gasteiger partial charge in [-0.3, -0.25) is 24.7 Å². The number of nitrogens with one attached hydrogen (secondary N) is 1. The number of likely N-dealkylation sites (tertiary alicyclic amines) is 1. The molecule has 2 saturated heterocycles. The highest BCUT2D eigenvalue weighted by molar-refractivity contribution is 7.17. The van der Waals surface area contributed by atoms with E-state index in [0.29, 0.717) is 35.8 Å².